The van der Waals surface area contributed by atoms with E-state index < -0.39 is 35.6 Å². The fourth-order valence-electron chi connectivity index (χ4n) is 3.00. The topological polar surface area (TPSA) is 114 Å². The Morgan fingerprint density at radius 1 is 1.21 bits per heavy atom. The maximum Gasteiger partial charge on any atom is 0.338 e. The number of non-ortho nitro benzene ring substituents is 1. The van der Waals surface area contributed by atoms with Crippen molar-refractivity contribution in [2.45, 2.75) is 37.7 Å². The number of rotatable bonds is 7. The van der Waals surface area contributed by atoms with Crippen molar-refractivity contribution in [3.05, 3.63) is 75.8 Å². The molecule has 1 heterocycles. The van der Waals surface area contributed by atoms with Crippen LogP contribution < -0.4 is 5.73 Å². The van der Waals surface area contributed by atoms with Gasteiger partial charge in [-0.2, -0.15) is 0 Å². The van der Waals surface area contributed by atoms with Gasteiger partial charge in [0.05, 0.1) is 17.1 Å². The van der Waals surface area contributed by atoms with Crippen molar-refractivity contribution in [2.24, 2.45) is 5.73 Å². The van der Waals surface area contributed by atoms with Crippen LogP contribution in [0.15, 0.2) is 54.6 Å². The molecule has 3 rings (SSSR count). The zero-order chi connectivity index (χ0) is 20.8. The number of nitro benzene ring substituents is 1. The zero-order valence-electron chi connectivity index (χ0n) is 15.5. The van der Waals surface area contributed by atoms with Crippen LogP contribution in [0.1, 0.15) is 22.3 Å². The molecule has 0 spiro atoms. The highest BCUT2D eigenvalue weighted by atomic mass is 19.1. The van der Waals surface area contributed by atoms with Gasteiger partial charge in [0, 0.05) is 25.1 Å². The number of carbonyl (C=O) groups excluding carboxylic acids is 1. The Bertz CT molecular complexity index is 833. The molecule has 2 N–H and O–H groups in total. The SMILES string of the molecule is NCC1OC(OCc2ccccc2)CC(F)C1OC(=O)c1ccc([N+](=O)[O-])cc1. The number of carbonyl (C=O) groups is 1. The molecular formula is C20H21FN2O6. The van der Waals surface area contributed by atoms with E-state index in [1.165, 1.54) is 24.3 Å². The number of halogens is 1. The van der Waals surface area contributed by atoms with E-state index in [2.05, 4.69) is 0 Å². The first kappa shape index (κ1) is 20.8. The summed E-state index contributed by atoms with van der Waals surface area (Å²) in [7, 11) is 0. The normalized spacial score (nSPS) is 24.1. The molecule has 0 amide bonds. The highest BCUT2D eigenvalue weighted by Gasteiger charge is 2.41. The van der Waals surface area contributed by atoms with E-state index in [9.17, 15) is 19.3 Å². The smallest absolute Gasteiger partial charge is 0.338 e. The molecule has 4 unspecified atom stereocenters. The minimum absolute atomic E-state index is 0.0656. The molecule has 29 heavy (non-hydrogen) atoms. The van der Waals surface area contributed by atoms with Gasteiger partial charge >= 0.3 is 5.97 Å². The standard InChI is InChI=1S/C20H21FN2O6/c21-16-10-18(27-12-13-4-2-1-3-5-13)28-17(11-22)19(16)29-20(24)14-6-8-15(9-7-14)23(25)26/h1-9,16-19H,10-12,22H2. The molecule has 2 aromatic carbocycles. The third-order valence-electron chi connectivity index (χ3n) is 4.54. The van der Waals surface area contributed by atoms with Crippen molar-refractivity contribution in [1.82, 2.24) is 0 Å². The first-order valence-corrected chi connectivity index (χ1v) is 9.08. The number of nitrogens with two attached hydrogens (primary N) is 1. The Balaban J connectivity index is 1.59. The largest absolute Gasteiger partial charge is 0.453 e. The van der Waals surface area contributed by atoms with Crippen LogP contribution in [0.3, 0.4) is 0 Å². The van der Waals surface area contributed by atoms with E-state index in [4.69, 9.17) is 19.9 Å². The third-order valence-corrected chi connectivity index (χ3v) is 4.54. The molecule has 0 aromatic heterocycles. The van der Waals surface area contributed by atoms with Gasteiger partial charge in [-0.1, -0.05) is 30.3 Å². The van der Waals surface area contributed by atoms with Gasteiger partial charge in [0.25, 0.3) is 5.69 Å². The molecule has 154 valence electrons. The van der Waals surface area contributed by atoms with Crippen LogP contribution >= 0.6 is 0 Å². The number of benzene rings is 2. The number of alkyl halides is 1. The highest BCUT2D eigenvalue weighted by molar-refractivity contribution is 5.89. The summed E-state index contributed by atoms with van der Waals surface area (Å²) in [6.45, 7) is 0.187. The van der Waals surface area contributed by atoms with Crippen LogP contribution in [-0.2, 0) is 20.8 Å². The van der Waals surface area contributed by atoms with Crippen LogP contribution in [0.4, 0.5) is 10.1 Å². The van der Waals surface area contributed by atoms with Gasteiger partial charge in [0.15, 0.2) is 12.4 Å². The zero-order valence-corrected chi connectivity index (χ0v) is 15.5. The van der Waals surface area contributed by atoms with Gasteiger partial charge in [-0.3, -0.25) is 10.1 Å². The summed E-state index contributed by atoms with van der Waals surface area (Å²) in [6.07, 6.45) is -4.52. The molecule has 1 aliphatic rings. The van der Waals surface area contributed by atoms with E-state index >= 15 is 0 Å². The van der Waals surface area contributed by atoms with Gasteiger partial charge in [-0.05, 0) is 17.7 Å². The molecule has 1 saturated heterocycles. The summed E-state index contributed by atoms with van der Waals surface area (Å²) in [5.41, 5.74) is 6.51. The van der Waals surface area contributed by atoms with Gasteiger partial charge in [-0.25, -0.2) is 9.18 Å². The first-order valence-electron chi connectivity index (χ1n) is 9.08. The predicted molar refractivity (Wildman–Crippen MR) is 101 cm³/mol. The van der Waals surface area contributed by atoms with Gasteiger partial charge < -0.3 is 19.9 Å². The lowest BCUT2D eigenvalue weighted by atomic mass is 10.0. The summed E-state index contributed by atoms with van der Waals surface area (Å²) in [4.78, 5) is 22.4. The Kier molecular flexibility index (Phi) is 6.86. The van der Waals surface area contributed by atoms with E-state index in [1.807, 2.05) is 30.3 Å². The van der Waals surface area contributed by atoms with E-state index in [0.29, 0.717) is 0 Å². The molecule has 0 bridgehead atoms. The second-order valence-corrected chi connectivity index (χ2v) is 6.56. The maximum atomic E-state index is 14.7. The molecule has 0 saturated carbocycles. The molecule has 2 aromatic rings. The minimum Gasteiger partial charge on any atom is -0.453 e. The van der Waals surface area contributed by atoms with Crippen molar-refractivity contribution in [2.75, 3.05) is 6.54 Å². The number of nitrogens with zero attached hydrogens (tertiary/aromatic N) is 1. The Morgan fingerprint density at radius 3 is 2.52 bits per heavy atom. The van der Waals surface area contributed by atoms with Crippen LogP contribution in [0.25, 0.3) is 0 Å². The average Bonchev–Trinajstić information content (AvgIpc) is 2.74. The summed E-state index contributed by atoms with van der Waals surface area (Å²) in [6, 6.07) is 14.2. The monoisotopic (exact) mass is 404 g/mol. The van der Waals surface area contributed by atoms with Crippen molar-refractivity contribution < 1.29 is 28.3 Å². The number of hydrogen-bond donors (Lipinski definition) is 1. The van der Waals surface area contributed by atoms with Crippen molar-refractivity contribution in [1.29, 1.82) is 0 Å². The van der Waals surface area contributed by atoms with E-state index in [0.717, 1.165) is 5.56 Å². The molecule has 4 atom stereocenters. The number of hydrogen-bond acceptors (Lipinski definition) is 7. The van der Waals surface area contributed by atoms with E-state index in [-0.39, 0.29) is 30.8 Å². The molecule has 8 nitrogen and oxygen atoms in total. The molecule has 0 aliphatic carbocycles. The maximum absolute atomic E-state index is 14.7. The second kappa shape index (κ2) is 9.55. The summed E-state index contributed by atoms with van der Waals surface area (Å²) < 4.78 is 31.3. The Morgan fingerprint density at radius 2 is 1.90 bits per heavy atom. The summed E-state index contributed by atoms with van der Waals surface area (Å²) in [5, 5.41) is 10.7. The van der Waals surface area contributed by atoms with Crippen LogP contribution in [-0.4, -0.2) is 42.1 Å². The highest BCUT2D eigenvalue weighted by Crippen LogP contribution is 2.27. The second-order valence-electron chi connectivity index (χ2n) is 6.56. The molecule has 0 radical (unpaired) electrons. The average molecular weight is 404 g/mol. The van der Waals surface area contributed by atoms with Crippen LogP contribution in [0, 0.1) is 10.1 Å². The fraction of sp³-hybridized carbons (Fsp3) is 0.350. The Labute approximate surface area is 166 Å². The summed E-state index contributed by atoms with van der Waals surface area (Å²) >= 11 is 0. The fourth-order valence-corrected chi connectivity index (χ4v) is 3.00. The van der Waals surface area contributed by atoms with Gasteiger partial charge in [-0.15, -0.1) is 0 Å². The van der Waals surface area contributed by atoms with Gasteiger partial charge in [0.2, 0.25) is 0 Å². The quantitative estimate of drug-likeness (QED) is 0.429. The minimum atomic E-state index is -1.53. The van der Waals surface area contributed by atoms with Crippen molar-refractivity contribution in [3.63, 3.8) is 0 Å². The van der Waals surface area contributed by atoms with Crippen molar-refractivity contribution in [3.8, 4) is 0 Å². The van der Waals surface area contributed by atoms with Crippen LogP contribution in [0.2, 0.25) is 0 Å². The van der Waals surface area contributed by atoms with Crippen LogP contribution in [0.5, 0.6) is 0 Å². The summed E-state index contributed by atoms with van der Waals surface area (Å²) in [5.74, 6) is -0.807. The number of esters is 1. The predicted octanol–water partition coefficient (Wildman–Crippen LogP) is 2.75. The lowest BCUT2D eigenvalue weighted by Gasteiger charge is -2.37. The molecular weight excluding hydrogens is 383 g/mol. The molecule has 1 aliphatic heterocycles. The lowest BCUT2D eigenvalue weighted by Crippen LogP contribution is -2.52. The van der Waals surface area contributed by atoms with E-state index in [1.54, 1.807) is 0 Å². The number of ether oxygens (including phenoxy) is 3. The lowest BCUT2D eigenvalue weighted by molar-refractivity contribution is -0.384. The Hall–Kier alpha value is -2.88. The van der Waals surface area contributed by atoms with Crippen molar-refractivity contribution >= 4 is 11.7 Å². The third kappa shape index (κ3) is 5.35. The number of nitro groups is 1. The first-order chi connectivity index (χ1) is 14.0. The molecule has 9 heteroatoms. The van der Waals surface area contributed by atoms with Gasteiger partial charge in [0.1, 0.15) is 12.3 Å². The molecule has 1 fully saturated rings.